The molecular weight excluding hydrogens is 648 g/mol. The number of hydrogen-bond acceptors (Lipinski definition) is 7. The van der Waals surface area contributed by atoms with E-state index in [-0.39, 0.29) is 11.6 Å². The van der Waals surface area contributed by atoms with Crippen molar-refractivity contribution in [2.75, 3.05) is 24.9 Å². The van der Waals surface area contributed by atoms with Gasteiger partial charge in [0.1, 0.15) is 22.4 Å². The maximum absolute atomic E-state index is 13.7. The van der Waals surface area contributed by atoms with Gasteiger partial charge in [0.15, 0.2) is 0 Å². The van der Waals surface area contributed by atoms with Crippen LogP contribution in [0, 0.1) is 0 Å². The molecule has 5 aromatic rings. The number of carbonyl (C=O) groups is 3. The van der Waals surface area contributed by atoms with E-state index in [2.05, 4.69) is 20.9 Å². The Labute approximate surface area is 287 Å². The molecule has 5 rings (SSSR count). The number of methoxy groups -OCH3 is 2. The summed E-state index contributed by atoms with van der Waals surface area (Å²) in [5.41, 5.74) is 2.79. The van der Waals surface area contributed by atoms with Crippen LogP contribution in [0.15, 0.2) is 132 Å². The Bertz CT molecular complexity index is 1910. The summed E-state index contributed by atoms with van der Waals surface area (Å²) >= 11 is 7.68. The van der Waals surface area contributed by atoms with Gasteiger partial charge in [0.25, 0.3) is 11.8 Å². The van der Waals surface area contributed by atoms with E-state index in [1.165, 1.54) is 26.0 Å². The first kappa shape index (κ1) is 33.8. The van der Waals surface area contributed by atoms with Gasteiger partial charge in [-0.25, -0.2) is 0 Å². The number of nitrogens with zero attached hydrogens (tertiary/aromatic N) is 1. The molecule has 0 bridgehead atoms. The number of thioether (sulfide) groups is 1. The van der Waals surface area contributed by atoms with Gasteiger partial charge in [0.05, 0.1) is 24.9 Å². The normalized spacial score (nSPS) is 11.6. The summed E-state index contributed by atoms with van der Waals surface area (Å²) < 4.78 is 10.7. The fourth-order valence-electron chi connectivity index (χ4n) is 4.58. The Morgan fingerprint density at radius 3 is 2.15 bits per heavy atom. The molecule has 0 aliphatic rings. The zero-order valence-electron chi connectivity index (χ0n) is 26.0. The van der Waals surface area contributed by atoms with Crippen molar-refractivity contribution < 1.29 is 23.9 Å². The summed E-state index contributed by atoms with van der Waals surface area (Å²) in [5.74, 6) is -0.406. The molecule has 1 heterocycles. The van der Waals surface area contributed by atoms with E-state index in [9.17, 15) is 14.4 Å². The van der Waals surface area contributed by atoms with Gasteiger partial charge in [0, 0.05) is 34.6 Å². The van der Waals surface area contributed by atoms with Crippen LogP contribution in [0.3, 0.4) is 0 Å². The average Bonchev–Trinajstić information content (AvgIpc) is 3.12. The third-order valence-electron chi connectivity index (χ3n) is 6.96. The molecule has 0 aliphatic carbocycles. The van der Waals surface area contributed by atoms with Crippen LogP contribution in [0.1, 0.15) is 26.7 Å². The minimum absolute atomic E-state index is 0.0465. The zero-order chi connectivity index (χ0) is 33.9. The van der Waals surface area contributed by atoms with Crippen molar-refractivity contribution in [2.24, 2.45) is 0 Å². The Morgan fingerprint density at radius 1 is 0.812 bits per heavy atom. The maximum Gasteiger partial charge on any atom is 0.272 e. The van der Waals surface area contributed by atoms with Crippen LogP contribution >= 0.6 is 23.4 Å². The number of rotatable bonds is 12. The largest absolute Gasteiger partial charge is 0.495 e. The minimum Gasteiger partial charge on any atom is -0.495 e. The number of amides is 3. The molecule has 242 valence electrons. The van der Waals surface area contributed by atoms with Gasteiger partial charge in [-0.3, -0.25) is 19.4 Å². The summed E-state index contributed by atoms with van der Waals surface area (Å²) in [5, 5.41) is 8.19. The molecule has 1 aromatic heterocycles. The predicted octanol–water partition coefficient (Wildman–Crippen LogP) is 7.63. The third kappa shape index (κ3) is 8.81. The summed E-state index contributed by atoms with van der Waals surface area (Å²) in [4.78, 5) is 44.9. The first-order chi connectivity index (χ1) is 23.3. The van der Waals surface area contributed by atoms with Crippen molar-refractivity contribution >= 4 is 58.5 Å². The quantitative estimate of drug-likeness (QED) is 0.0917. The van der Waals surface area contributed by atoms with E-state index < -0.39 is 17.1 Å². The van der Waals surface area contributed by atoms with E-state index in [1.54, 1.807) is 97.3 Å². The van der Waals surface area contributed by atoms with Crippen molar-refractivity contribution in [1.29, 1.82) is 0 Å². The monoisotopic (exact) mass is 678 g/mol. The highest BCUT2D eigenvalue weighted by Gasteiger charge is 2.24. The van der Waals surface area contributed by atoms with Crippen molar-refractivity contribution in [1.82, 2.24) is 10.3 Å². The van der Waals surface area contributed by atoms with Gasteiger partial charge in [-0.2, -0.15) is 0 Å². The smallest absolute Gasteiger partial charge is 0.272 e. The molecule has 9 nitrogen and oxygen atoms in total. The number of anilines is 2. The zero-order valence-corrected chi connectivity index (χ0v) is 27.5. The van der Waals surface area contributed by atoms with Gasteiger partial charge in [-0.15, -0.1) is 11.8 Å². The second-order valence-electron chi connectivity index (χ2n) is 10.2. The van der Waals surface area contributed by atoms with Crippen LogP contribution in [-0.4, -0.2) is 36.9 Å². The van der Waals surface area contributed by atoms with Crippen molar-refractivity contribution in [3.63, 3.8) is 0 Å². The highest BCUT2D eigenvalue weighted by Crippen LogP contribution is 2.40. The number of nitrogens with one attached hydrogen (secondary N) is 3. The van der Waals surface area contributed by atoms with Gasteiger partial charge in [0.2, 0.25) is 5.91 Å². The first-order valence-corrected chi connectivity index (χ1v) is 15.9. The average molecular weight is 679 g/mol. The van der Waals surface area contributed by atoms with Crippen LogP contribution in [0.5, 0.6) is 11.5 Å². The van der Waals surface area contributed by atoms with Crippen molar-refractivity contribution in [3.8, 4) is 11.5 Å². The molecule has 48 heavy (non-hydrogen) atoms. The lowest BCUT2D eigenvalue weighted by atomic mass is 10.1. The predicted molar refractivity (Wildman–Crippen MR) is 189 cm³/mol. The molecule has 0 spiro atoms. The lowest BCUT2D eigenvalue weighted by Crippen LogP contribution is -2.30. The summed E-state index contributed by atoms with van der Waals surface area (Å²) in [6.07, 6.45) is 4.77. The van der Waals surface area contributed by atoms with E-state index in [0.29, 0.717) is 39.0 Å². The third-order valence-corrected chi connectivity index (χ3v) is 8.52. The Balaban J connectivity index is 1.33. The van der Waals surface area contributed by atoms with Crippen LogP contribution in [-0.2, 0) is 9.59 Å². The number of halogens is 1. The Kier molecular flexibility index (Phi) is 11.5. The highest BCUT2D eigenvalue weighted by molar-refractivity contribution is 8.00. The van der Waals surface area contributed by atoms with E-state index >= 15 is 0 Å². The topological polar surface area (TPSA) is 119 Å². The number of benzene rings is 4. The molecule has 0 aliphatic heterocycles. The van der Waals surface area contributed by atoms with Gasteiger partial charge in [-0.05, 0) is 65.7 Å². The Morgan fingerprint density at radius 2 is 1.50 bits per heavy atom. The molecule has 3 amide bonds. The fraction of sp³-hybridized carbons (Fsp3) is 0.0811. The molecule has 1 atom stereocenters. The highest BCUT2D eigenvalue weighted by atomic mass is 35.5. The number of pyridine rings is 1. The molecule has 11 heteroatoms. The number of hydrogen-bond donors (Lipinski definition) is 3. The first-order valence-electron chi connectivity index (χ1n) is 14.7. The number of aromatic nitrogens is 1. The molecule has 1 unspecified atom stereocenters. The second kappa shape index (κ2) is 16.3. The number of ether oxygens (including phenoxy) is 2. The second-order valence-corrected chi connectivity index (χ2v) is 11.8. The van der Waals surface area contributed by atoms with Crippen molar-refractivity contribution in [3.05, 3.63) is 149 Å². The standard InChI is InChI=1S/C37H31ClN4O5S/c1-46-32-22-33(47-2)30(21-29(32)38)41-37(45)34(25-11-5-3-6-12-25)48-28-17-15-27(16-18-28)40-36(44)31(20-24-10-9-19-39-23-24)42-35(43)26-13-7-4-8-14-26/h3-23,34H,1-2H3,(H,40,44)(H,41,45)(H,42,43)/b31-20-. The van der Waals surface area contributed by atoms with E-state index in [4.69, 9.17) is 21.1 Å². The van der Waals surface area contributed by atoms with Crippen LogP contribution in [0.2, 0.25) is 5.02 Å². The van der Waals surface area contributed by atoms with E-state index in [1.807, 2.05) is 30.3 Å². The number of carbonyl (C=O) groups excluding carboxylic acids is 3. The Hall–Kier alpha value is -5.58. The minimum atomic E-state index is -0.639. The van der Waals surface area contributed by atoms with Gasteiger partial charge in [-0.1, -0.05) is 66.2 Å². The van der Waals surface area contributed by atoms with Crippen molar-refractivity contribution in [2.45, 2.75) is 10.1 Å². The van der Waals surface area contributed by atoms with Crippen LogP contribution < -0.4 is 25.4 Å². The lowest BCUT2D eigenvalue weighted by molar-refractivity contribution is -0.116. The van der Waals surface area contributed by atoms with Crippen LogP contribution in [0.25, 0.3) is 6.08 Å². The summed E-state index contributed by atoms with van der Waals surface area (Å²) in [6.45, 7) is 0. The molecule has 0 radical (unpaired) electrons. The molecule has 4 aromatic carbocycles. The molecule has 0 saturated heterocycles. The van der Waals surface area contributed by atoms with E-state index in [0.717, 1.165) is 10.5 Å². The molecule has 0 fully saturated rings. The van der Waals surface area contributed by atoms with Gasteiger partial charge < -0.3 is 25.4 Å². The maximum atomic E-state index is 13.7. The summed E-state index contributed by atoms with van der Waals surface area (Å²) in [6, 6.07) is 31.8. The molecule has 0 saturated carbocycles. The molecular formula is C37H31ClN4O5S. The fourth-order valence-corrected chi connectivity index (χ4v) is 5.84. The molecule has 3 N–H and O–H groups in total. The summed E-state index contributed by atoms with van der Waals surface area (Å²) in [7, 11) is 3.00. The lowest BCUT2D eigenvalue weighted by Gasteiger charge is -2.19. The van der Waals surface area contributed by atoms with Gasteiger partial charge >= 0.3 is 0 Å². The SMILES string of the molecule is COc1cc(OC)c(NC(=O)C(Sc2ccc(NC(=O)/C(=C/c3cccnc3)NC(=O)c3ccccc3)cc2)c2ccccc2)cc1Cl. The van der Waals surface area contributed by atoms with Crippen LogP contribution in [0.4, 0.5) is 11.4 Å².